The Labute approximate surface area is 113 Å². The molecule has 0 amide bonds. The van der Waals surface area contributed by atoms with Crippen molar-refractivity contribution in [3.05, 3.63) is 17.7 Å². The standard InChI is InChI=1S/C14H20O5/c1-9(6-14(15)16)5-11-12(18-3)7-10(17-2)8-13(11)19-4/h7-9H,5-6H2,1-4H3,(H,15,16). The van der Waals surface area contributed by atoms with Crippen molar-refractivity contribution in [1.82, 2.24) is 0 Å². The van der Waals surface area contributed by atoms with Gasteiger partial charge in [0.15, 0.2) is 0 Å². The van der Waals surface area contributed by atoms with Gasteiger partial charge in [0.05, 0.1) is 21.3 Å². The quantitative estimate of drug-likeness (QED) is 0.822. The van der Waals surface area contributed by atoms with Gasteiger partial charge < -0.3 is 19.3 Å². The lowest BCUT2D eigenvalue weighted by Crippen LogP contribution is -2.09. The van der Waals surface area contributed by atoms with Gasteiger partial charge >= 0.3 is 5.97 Å². The maximum Gasteiger partial charge on any atom is 0.303 e. The molecule has 1 N–H and O–H groups in total. The summed E-state index contributed by atoms with van der Waals surface area (Å²) < 4.78 is 15.8. The summed E-state index contributed by atoms with van der Waals surface area (Å²) in [7, 11) is 4.71. The average molecular weight is 268 g/mol. The van der Waals surface area contributed by atoms with Crippen LogP contribution in [0.1, 0.15) is 18.9 Å². The van der Waals surface area contributed by atoms with Gasteiger partial charge in [-0.15, -0.1) is 0 Å². The molecule has 0 fully saturated rings. The fourth-order valence-electron chi connectivity index (χ4n) is 2.00. The number of carboxylic acid groups (broad SMARTS) is 1. The summed E-state index contributed by atoms with van der Waals surface area (Å²) in [5.74, 6) is 1.12. The normalized spacial score (nSPS) is 11.8. The smallest absolute Gasteiger partial charge is 0.303 e. The first kappa shape index (κ1) is 15.1. The number of aliphatic carboxylic acids is 1. The van der Waals surface area contributed by atoms with Crippen LogP contribution in [0.4, 0.5) is 0 Å². The Morgan fingerprint density at radius 3 is 2.05 bits per heavy atom. The second kappa shape index (κ2) is 6.87. The van der Waals surface area contributed by atoms with Gasteiger partial charge in [0, 0.05) is 24.1 Å². The number of carboxylic acids is 1. The first-order chi connectivity index (χ1) is 9.01. The van der Waals surface area contributed by atoms with Crippen LogP contribution in [0.5, 0.6) is 17.2 Å². The third-order valence-corrected chi connectivity index (χ3v) is 2.89. The summed E-state index contributed by atoms with van der Waals surface area (Å²) >= 11 is 0. The molecule has 5 heteroatoms. The van der Waals surface area contributed by atoms with E-state index in [9.17, 15) is 4.79 Å². The molecule has 0 saturated heterocycles. The molecule has 19 heavy (non-hydrogen) atoms. The lowest BCUT2D eigenvalue weighted by molar-refractivity contribution is -0.137. The predicted molar refractivity (Wildman–Crippen MR) is 71.2 cm³/mol. The molecule has 5 nitrogen and oxygen atoms in total. The predicted octanol–water partition coefficient (Wildman–Crippen LogP) is 2.37. The average Bonchev–Trinajstić information content (AvgIpc) is 2.37. The van der Waals surface area contributed by atoms with Crippen LogP contribution in [0.2, 0.25) is 0 Å². The second-order valence-electron chi connectivity index (χ2n) is 4.42. The summed E-state index contributed by atoms with van der Waals surface area (Å²) in [4.78, 5) is 10.7. The van der Waals surface area contributed by atoms with Crippen LogP contribution in [0.25, 0.3) is 0 Å². The Morgan fingerprint density at radius 1 is 1.16 bits per heavy atom. The summed E-state index contributed by atoms with van der Waals surface area (Å²) in [6, 6.07) is 3.54. The van der Waals surface area contributed by atoms with Crippen LogP contribution in [0, 0.1) is 5.92 Å². The summed E-state index contributed by atoms with van der Waals surface area (Å²) in [5.41, 5.74) is 0.861. The van der Waals surface area contributed by atoms with Crippen molar-refractivity contribution >= 4 is 5.97 Å². The Kier molecular flexibility index (Phi) is 5.48. The lowest BCUT2D eigenvalue weighted by Gasteiger charge is -2.17. The fourth-order valence-corrected chi connectivity index (χ4v) is 2.00. The van der Waals surface area contributed by atoms with E-state index in [0.29, 0.717) is 23.7 Å². The first-order valence-corrected chi connectivity index (χ1v) is 6.02. The fraction of sp³-hybridized carbons (Fsp3) is 0.500. The molecule has 1 rings (SSSR count). The number of rotatable bonds is 7. The van der Waals surface area contributed by atoms with Gasteiger partial charge in [-0.1, -0.05) is 6.92 Å². The van der Waals surface area contributed by atoms with Gasteiger partial charge in [0.2, 0.25) is 0 Å². The minimum Gasteiger partial charge on any atom is -0.496 e. The van der Waals surface area contributed by atoms with E-state index >= 15 is 0 Å². The third kappa shape index (κ3) is 4.05. The molecule has 0 spiro atoms. The van der Waals surface area contributed by atoms with Gasteiger partial charge in [-0.3, -0.25) is 4.79 Å². The maximum atomic E-state index is 10.7. The van der Waals surface area contributed by atoms with Crippen LogP contribution in [0.15, 0.2) is 12.1 Å². The molecule has 0 aliphatic rings. The van der Waals surface area contributed by atoms with E-state index in [-0.39, 0.29) is 12.3 Å². The van der Waals surface area contributed by atoms with Crippen molar-refractivity contribution in [2.24, 2.45) is 5.92 Å². The van der Waals surface area contributed by atoms with Crippen molar-refractivity contribution in [2.45, 2.75) is 19.8 Å². The number of hydrogen-bond acceptors (Lipinski definition) is 4. The zero-order valence-electron chi connectivity index (χ0n) is 11.7. The monoisotopic (exact) mass is 268 g/mol. The summed E-state index contributed by atoms with van der Waals surface area (Å²) in [6.07, 6.45) is 0.682. The molecule has 1 aromatic rings. The van der Waals surface area contributed by atoms with Gasteiger partial charge in [-0.05, 0) is 12.3 Å². The van der Waals surface area contributed by atoms with E-state index in [0.717, 1.165) is 5.56 Å². The van der Waals surface area contributed by atoms with Crippen molar-refractivity contribution in [3.63, 3.8) is 0 Å². The van der Waals surface area contributed by atoms with Gasteiger partial charge in [-0.25, -0.2) is 0 Å². The molecule has 1 unspecified atom stereocenters. The SMILES string of the molecule is COc1cc(OC)c(CC(C)CC(=O)O)c(OC)c1. The molecule has 1 atom stereocenters. The minimum atomic E-state index is -0.807. The zero-order valence-corrected chi connectivity index (χ0v) is 11.7. The molecular weight excluding hydrogens is 248 g/mol. The molecule has 0 aliphatic carbocycles. The second-order valence-corrected chi connectivity index (χ2v) is 4.42. The van der Waals surface area contributed by atoms with Crippen molar-refractivity contribution < 1.29 is 24.1 Å². The van der Waals surface area contributed by atoms with Crippen molar-refractivity contribution in [2.75, 3.05) is 21.3 Å². The topological polar surface area (TPSA) is 65.0 Å². The highest BCUT2D eigenvalue weighted by Gasteiger charge is 2.17. The molecule has 0 heterocycles. The number of benzene rings is 1. The van der Waals surface area contributed by atoms with Crippen LogP contribution < -0.4 is 14.2 Å². The Morgan fingerprint density at radius 2 is 1.68 bits per heavy atom. The van der Waals surface area contributed by atoms with Crippen molar-refractivity contribution in [1.29, 1.82) is 0 Å². The number of hydrogen-bond donors (Lipinski definition) is 1. The van der Waals surface area contributed by atoms with Crippen LogP contribution in [-0.4, -0.2) is 32.4 Å². The Hall–Kier alpha value is -1.91. The van der Waals surface area contributed by atoms with Crippen molar-refractivity contribution in [3.8, 4) is 17.2 Å². The van der Waals surface area contributed by atoms with Crippen LogP contribution in [-0.2, 0) is 11.2 Å². The van der Waals surface area contributed by atoms with E-state index in [1.165, 1.54) is 0 Å². The summed E-state index contributed by atoms with van der Waals surface area (Å²) in [5, 5.41) is 8.81. The molecule has 0 aliphatic heterocycles. The summed E-state index contributed by atoms with van der Waals surface area (Å²) in [6.45, 7) is 1.89. The van der Waals surface area contributed by atoms with Gasteiger partial charge in [0.1, 0.15) is 17.2 Å². The van der Waals surface area contributed by atoms with Gasteiger partial charge in [0.25, 0.3) is 0 Å². The van der Waals surface area contributed by atoms with Crippen LogP contribution in [0.3, 0.4) is 0 Å². The highest BCUT2D eigenvalue weighted by atomic mass is 16.5. The molecular formula is C14H20O5. The maximum absolute atomic E-state index is 10.7. The van der Waals surface area contributed by atoms with E-state index in [4.69, 9.17) is 19.3 Å². The number of carbonyl (C=O) groups is 1. The minimum absolute atomic E-state index is 0.00584. The lowest BCUT2D eigenvalue weighted by atomic mass is 9.96. The zero-order chi connectivity index (χ0) is 14.4. The Balaban J connectivity index is 3.06. The van der Waals surface area contributed by atoms with E-state index < -0.39 is 5.97 Å². The van der Waals surface area contributed by atoms with Crippen LogP contribution >= 0.6 is 0 Å². The molecule has 106 valence electrons. The van der Waals surface area contributed by atoms with E-state index in [1.807, 2.05) is 6.92 Å². The Bertz CT molecular complexity index is 416. The largest absolute Gasteiger partial charge is 0.496 e. The molecule has 0 bridgehead atoms. The molecule has 1 aromatic carbocycles. The molecule has 0 saturated carbocycles. The highest BCUT2D eigenvalue weighted by molar-refractivity contribution is 5.67. The van der Waals surface area contributed by atoms with Gasteiger partial charge in [-0.2, -0.15) is 0 Å². The van der Waals surface area contributed by atoms with E-state index in [1.54, 1.807) is 33.5 Å². The number of ether oxygens (including phenoxy) is 3. The first-order valence-electron chi connectivity index (χ1n) is 6.02. The molecule has 0 radical (unpaired) electrons. The third-order valence-electron chi connectivity index (χ3n) is 2.89. The number of methoxy groups -OCH3 is 3. The molecule has 0 aromatic heterocycles. The van der Waals surface area contributed by atoms with E-state index in [2.05, 4.69) is 0 Å². The highest BCUT2D eigenvalue weighted by Crippen LogP contribution is 2.36.